The van der Waals surface area contributed by atoms with Crippen LogP contribution in [0.5, 0.6) is 0 Å². The number of likely N-dealkylation sites (tertiary alicyclic amines) is 1. The van der Waals surface area contributed by atoms with Crippen molar-refractivity contribution in [3.8, 4) is 11.1 Å². The van der Waals surface area contributed by atoms with Gasteiger partial charge in [-0.05, 0) is 74.4 Å². The summed E-state index contributed by atoms with van der Waals surface area (Å²) in [5.74, 6) is -0.128. The zero-order valence-corrected chi connectivity index (χ0v) is 19.6. The lowest BCUT2D eigenvalue weighted by molar-refractivity contribution is -0.148. The summed E-state index contributed by atoms with van der Waals surface area (Å²) in [7, 11) is 0. The van der Waals surface area contributed by atoms with Crippen LogP contribution in [0, 0.1) is 6.92 Å². The second kappa shape index (κ2) is 9.23. The maximum atomic E-state index is 12.6. The van der Waals surface area contributed by atoms with Gasteiger partial charge in [0.25, 0.3) is 5.91 Å². The van der Waals surface area contributed by atoms with Crippen molar-refractivity contribution in [2.75, 3.05) is 24.1 Å². The molecule has 176 valence electrons. The fourth-order valence-corrected chi connectivity index (χ4v) is 4.15. The summed E-state index contributed by atoms with van der Waals surface area (Å²) < 4.78 is 0. The highest BCUT2D eigenvalue weighted by atomic mass is 16.3. The molecule has 8 heteroatoms. The number of nitrogen functional groups attached to an aromatic ring is 1. The Bertz CT molecular complexity index is 1280. The topological polar surface area (TPSA) is 121 Å². The third kappa shape index (κ3) is 5.07. The van der Waals surface area contributed by atoms with Crippen molar-refractivity contribution in [2.24, 2.45) is 0 Å². The van der Waals surface area contributed by atoms with Crippen LogP contribution in [-0.4, -0.2) is 50.5 Å². The summed E-state index contributed by atoms with van der Waals surface area (Å²) in [4.78, 5) is 35.0. The summed E-state index contributed by atoms with van der Waals surface area (Å²) in [5, 5.41) is 14.4. The molecule has 1 saturated heterocycles. The van der Waals surface area contributed by atoms with Crippen molar-refractivity contribution in [1.82, 2.24) is 14.9 Å². The van der Waals surface area contributed by atoms with Crippen LogP contribution in [0.3, 0.4) is 0 Å². The molecule has 4 rings (SSSR count). The number of aromatic nitrogens is 2. The van der Waals surface area contributed by atoms with Gasteiger partial charge in [-0.3, -0.25) is 14.6 Å². The van der Waals surface area contributed by atoms with Gasteiger partial charge in [-0.15, -0.1) is 0 Å². The first kappa shape index (κ1) is 23.4. The van der Waals surface area contributed by atoms with E-state index in [0.29, 0.717) is 37.4 Å². The van der Waals surface area contributed by atoms with Crippen molar-refractivity contribution >= 4 is 34.1 Å². The van der Waals surface area contributed by atoms with E-state index in [1.54, 1.807) is 23.4 Å². The summed E-state index contributed by atoms with van der Waals surface area (Å²) in [6, 6.07) is 7.68. The number of nitrogens with two attached hydrogens (primary N) is 1. The van der Waals surface area contributed by atoms with E-state index in [-0.39, 0.29) is 11.8 Å². The molecule has 4 N–H and O–H groups in total. The van der Waals surface area contributed by atoms with Crippen LogP contribution in [-0.2, 0) is 9.59 Å². The van der Waals surface area contributed by atoms with E-state index >= 15 is 0 Å². The number of pyridine rings is 2. The largest absolute Gasteiger partial charge is 0.398 e. The van der Waals surface area contributed by atoms with Crippen molar-refractivity contribution in [3.05, 3.63) is 60.1 Å². The van der Waals surface area contributed by atoms with E-state index in [9.17, 15) is 14.7 Å². The van der Waals surface area contributed by atoms with Crippen LogP contribution in [0.4, 0.5) is 11.5 Å². The van der Waals surface area contributed by atoms with Gasteiger partial charge in [0, 0.05) is 54.4 Å². The molecular weight excluding hydrogens is 430 g/mol. The van der Waals surface area contributed by atoms with E-state index in [1.807, 2.05) is 37.4 Å². The van der Waals surface area contributed by atoms with E-state index < -0.39 is 5.60 Å². The van der Waals surface area contributed by atoms with Crippen molar-refractivity contribution in [1.29, 1.82) is 0 Å². The zero-order valence-electron chi connectivity index (χ0n) is 19.6. The molecule has 0 unspecified atom stereocenters. The van der Waals surface area contributed by atoms with Crippen LogP contribution < -0.4 is 11.1 Å². The Hall–Kier alpha value is -3.78. The Morgan fingerprint density at radius 3 is 2.59 bits per heavy atom. The number of piperidine rings is 1. The Morgan fingerprint density at radius 1 is 1.18 bits per heavy atom. The van der Waals surface area contributed by atoms with Gasteiger partial charge in [0.1, 0.15) is 11.4 Å². The SMILES string of the molecule is Cc1ccncc1-c1cc(N)c2cnc(NC(=O)C=C3CCN(C(=O)C(C)(C)O)CC3)cc2c1. The Morgan fingerprint density at radius 2 is 1.91 bits per heavy atom. The monoisotopic (exact) mass is 459 g/mol. The van der Waals surface area contributed by atoms with Gasteiger partial charge in [0.05, 0.1) is 0 Å². The summed E-state index contributed by atoms with van der Waals surface area (Å²) in [5.41, 5.74) is 9.50. The number of aliphatic hydroxyl groups is 1. The van der Waals surface area contributed by atoms with Crippen LogP contribution in [0.2, 0.25) is 0 Å². The third-order valence-corrected chi connectivity index (χ3v) is 6.02. The second-order valence-corrected chi connectivity index (χ2v) is 9.19. The Labute approximate surface area is 198 Å². The standard InChI is InChI=1S/C26H29N5O3/c1-16-4-7-28-14-20(16)18-11-19-13-23(29-15-21(19)22(27)12-18)30-24(32)10-17-5-8-31(9-6-17)25(33)26(2,3)34/h4,7,10-15,34H,5-6,8-9,27H2,1-3H3,(H,29,30,32). The molecule has 0 radical (unpaired) electrons. The number of nitrogens with one attached hydrogen (secondary N) is 1. The number of aryl methyl sites for hydroxylation is 1. The first-order chi connectivity index (χ1) is 16.1. The molecule has 0 aliphatic carbocycles. The number of fused-ring (bicyclic) bond motifs is 1. The molecule has 3 aromatic rings. The summed E-state index contributed by atoms with van der Waals surface area (Å²) in [6.07, 6.45) is 7.97. The van der Waals surface area contributed by atoms with Gasteiger partial charge in [-0.2, -0.15) is 0 Å². The molecule has 2 amide bonds. The molecular formula is C26H29N5O3. The number of carbonyl (C=O) groups is 2. The first-order valence-corrected chi connectivity index (χ1v) is 11.2. The van der Waals surface area contributed by atoms with E-state index in [4.69, 9.17) is 5.73 Å². The number of carbonyl (C=O) groups excluding carboxylic acids is 2. The highest BCUT2D eigenvalue weighted by Crippen LogP contribution is 2.31. The molecule has 0 atom stereocenters. The molecule has 1 fully saturated rings. The van der Waals surface area contributed by atoms with Crippen molar-refractivity contribution in [3.63, 3.8) is 0 Å². The summed E-state index contributed by atoms with van der Waals surface area (Å²) in [6.45, 7) is 5.95. The molecule has 8 nitrogen and oxygen atoms in total. The van der Waals surface area contributed by atoms with Crippen LogP contribution in [0.25, 0.3) is 21.9 Å². The quantitative estimate of drug-likeness (QED) is 0.406. The lowest BCUT2D eigenvalue weighted by Crippen LogP contribution is -2.47. The summed E-state index contributed by atoms with van der Waals surface area (Å²) >= 11 is 0. The molecule has 1 aromatic carbocycles. The van der Waals surface area contributed by atoms with Crippen molar-refractivity contribution < 1.29 is 14.7 Å². The minimum atomic E-state index is -1.39. The minimum absolute atomic E-state index is 0.267. The van der Waals surface area contributed by atoms with Gasteiger partial charge < -0.3 is 21.1 Å². The van der Waals surface area contributed by atoms with E-state index in [0.717, 1.165) is 33.0 Å². The van der Waals surface area contributed by atoms with Gasteiger partial charge >= 0.3 is 0 Å². The predicted molar refractivity (Wildman–Crippen MR) is 133 cm³/mol. The Kier molecular flexibility index (Phi) is 6.34. The maximum Gasteiger partial charge on any atom is 0.253 e. The van der Waals surface area contributed by atoms with Crippen LogP contribution in [0.1, 0.15) is 32.3 Å². The normalized spacial score (nSPS) is 14.2. The van der Waals surface area contributed by atoms with Gasteiger partial charge in [-0.1, -0.05) is 5.57 Å². The minimum Gasteiger partial charge on any atom is -0.398 e. The molecule has 0 bridgehead atoms. The number of hydrogen-bond donors (Lipinski definition) is 3. The van der Waals surface area contributed by atoms with E-state index in [2.05, 4.69) is 15.3 Å². The lowest BCUT2D eigenvalue weighted by atomic mass is 9.99. The molecule has 34 heavy (non-hydrogen) atoms. The number of benzene rings is 1. The molecule has 0 spiro atoms. The second-order valence-electron chi connectivity index (χ2n) is 9.19. The zero-order chi connectivity index (χ0) is 24.5. The van der Waals surface area contributed by atoms with Gasteiger partial charge in [0.15, 0.2) is 0 Å². The number of amides is 2. The number of hydrogen-bond acceptors (Lipinski definition) is 6. The first-order valence-electron chi connectivity index (χ1n) is 11.2. The molecule has 3 heterocycles. The highest BCUT2D eigenvalue weighted by Gasteiger charge is 2.30. The fourth-order valence-electron chi connectivity index (χ4n) is 4.15. The maximum absolute atomic E-state index is 12.6. The molecule has 2 aromatic heterocycles. The van der Waals surface area contributed by atoms with Crippen molar-refractivity contribution in [2.45, 2.75) is 39.2 Å². The Balaban J connectivity index is 1.49. The predicted octanol–water partition coefficient (Wildman–Crippen LogP) is 3.45. The number of anilines is 2. The number of rotatable bonds is 4. The molecule has 0 saturated carbocycles. The number of nitrogens with zero attached hydrogens (tertiary/aromatic N) is 3. The average molecular weight is 460 g/mol. The smallest absolute Gasteiger partial charge is 0.253 e. The average Bonchev–Trinajstić information content (AvgIpc) is 2.78. The van der Waals surface area contributed by atoms with Crippen LogP contribution >= 0.6 is 0 Å². The van der Waals surface area contributed by atoms with Gasteiger partial charge in [-0.25, -0.2) is 4.98 Å². The van der Waals surface area contributed by atoms with E-state index in [1.165, 1.54) is 13.8 Å². The highest BCUT2D eigenvalue weighted by molar-refractivity contribution is 6.02. The van der Waals surface area contributed by atoms with Crippen LogP contribution in [0.15, 0.2) is 54.5 Å². The lowest BCUT2D eigenvalue weighted by Gasteiger charge is -2.32. The van der Waals surface area contributed by atoms with Gasteiger partial charge in [0.2, 0.25) is 5.91 Å². The molecule has 1 aliphatic heterocycles. The third-order valence-electron chi connectivity index (χ3n) is 6.02. The fraction of sp³-hybridized carbons (Fsp3) is 0.308. The molecule has 1 aliphatic rings.